The van der Waals surface area contributed by atoms with Gasteiger partial charge in [-0.2, -0.15) is 0 Å². The third-order valence-electron chi connectivity index (χ3n) is 6.07. The summed E-state index contributed by atoms with van der Waals surface area (Å²) in [6, 6.07) is 14.0. The second-order valence-corrected chi connectivity index (χ2v) is 12.1. The van der Waals surface area contributed by atoms with Gasteiger partial charge in [0, 0.05) is 28.9 Å². The highest BCUT2D eigenvalue weighted by atomic mass is 32.2. The van der Waals surface area contributed by atoms with E-state index in [-0.39, 0.29) is 17.0 Å². The van der Waals surface area contributed by atoms with Crippen molar-refractivity contribution in [3.05, 3.63) is 66.5 Å². The van der Waals surface area contributed by atoms with Crippen LogP contribution in [0, 0.1) is 0 Å². The van der Waals surface area contributed by atoms with Crippen LogP contribution in [0.4, 0.5) is 10.5 Å². The number of amides is 1. The number of hydrogen-bond acceptors (Lipinski definition) is 6. The zero-order chi connectivity index (χ0) is 26.1. The van der Waals surface area contributed by atoms with Crippen molar-refractivity contribution >= 4 is 32.6 Å². The minimum atomic E-state index is -3.78. The van der Waals surface area contributed by atoms with Crippen molar-refractivity contribution in [2.75, 3.05) is 11.3 Å². The molecule has 1 aromatic heterocycles. The van der Waals surface area contributed by atoms with Crippen molar-refractivity contribution in [3.8, 4) is 0 Å². The molecular formula is C27H33N3O5S. The summed E-state index contributed by atoms with van der Waals surface area (Å²) in [5, 5.41) is 1.38. The maximum absolute atomic E-state index is 13.1. The standard InChI is InChI=1S/C27H33N3O5S/c1-26(2,3)35-25(31)30-22(18-34-27(30,4)5)14-11-19-9-12-21(13-10-19)29-36(32,33)24-8-6-7-20-17-28-16-15-23(20)24/h6-10,12-13,15-17,22,29H,11,14,18H2,1-5H3. The molecule has 1 atom stereocenters. The van der Waals surface area contributed by atoms with E-state index >= 15 is 0 Å². The molecule has 1 aliphatic rings. The van der Waals surface area contributed by atoms with Crippen molar-refractivity contribution in [2.24, 2.45) is 0 Å². The van der Waals surface area contributed by atoms with Gasteiger partial charge in [-0.1, -0.05) is 24.3 Å². The van der Waals surface area contributed by atoms with Gasteiger partial charge in [0.15, 0.2) is 0 Å². The molecule has 0 saturated carbocycles. The lowest BCUT2D eigenvalue weighted by atomic mass is 10.0. The fourth-order valence-electron chi connectivity index (χ4n) is 4.39. The van der Waals surface area contributed by atoms with Crippen LogP contribution in [-0.2, 0) is 25.9 Å². The molecule has 3 aromatic rings. The largest absolute Gasteiger partial charge is 0.444 e. The Morgan fingerprint density at radius 2 is 1.89 bits per heavy atom. The van der Waals surface area contributed by atoms with Gasteiger partial charge in [0.2, 0.25) is 0 Å². The number of nitrogens with zero attached hydrogens (tertiary/aromatic N) is 2. The fourth-order valence-corrected chi connectivity index (χ4v) is 5.68. The molecule has 1 aliphatic heterocycles. The molecule has 0 radical (unpaired) electrons. The Kier molecular flexibility index (Phi) is 6.99. The summed E-state index contributed by atoms with van der Waals surface area (Å²) in [6.07, 6.45) is 4.23. The van der Waals surface area contributed by atoms with Crippen LogP contribution in [0.3, 0.4) is 0 Å². The number of hydrogen-bond donors (Lipinski definition) is 1. The van der Waals surface area contributed by atoms with Gasteiger partial charge >= 0.3 is 6.09 Å². The van der Waals surface area contributed by atoms with Crippen LogP contribution in [0.25, 0.3) is 10.8 Å². The second kappa shape index (κ2) is 9.71. The number of aromatic nitrogens is 1. The number of aryl methyl sites for hydroxylation is 1. The van der Waals surface area contributed by atoms with E-state index in [0.29, 0.717) is 30.5 Å². The van der Waals surface area contributed by atoms with Gasteiger partial charge in [0.1, 0.15) is 11.3 Å². The van der Waals surface area contributed by atoms with Crippen LogP contribution in [0.1, 0.15) is 46.6 Å². The number of ether oxygens (including phenoxy) is 2. The minimum absolute atomic E-state index is 0.117. The molecule has 1 unspecified atom stereocenters. The highest BCUT2D eigenvalue weighted by molar-refractivity contribution is 7.93. The zero-order valence-corrected chi connectivity index (χ0v) is 22.1. The van der Waals surface area contributed by atoms with Crippen LogP contribution in [0.2, 0.25) is 0 Å². The molecular weight excluding hydrogens is 478 g/mol. The number of sulfonamides is 1. The smallest absolute Gasteiger partial charge is 0.412 e. The van der Waals surface area contributed by atoms with E-state index in [1.807, 2.05) is 52.8 Å². The summed E-state index contributed by atoms with van der Waals surface area (Å²) in [4.78, 5) is 18.8. The molecule has 0 aliphatic carbocycles. The lowest BCUT2D eigenvalue weighted by molar-refractivity contribution is -0.0626. The summed E-state index contributed by atoms with van der Waals surface area (Å²) in [5.74, 6) is 0. The minimum Gasteiger partial charge on any atom is -0.444 e. The van der Waals surface area contributed by atoms with Crippen molar-refractivity contribution in [1.29, 1.82) is 0 Å². The number of nitrogens with one attached hydrogen (secondary N) is 1. The van der Waals surface area contributed by atoms with Crippen LogP contribution < -0.4 is 4.72 Å². The first kappa shape index (κ1) is 25.9. The maximum Gasteiger partial charge on any atom is 0.412 e. The SMILES string of the molecule is CC(C)(C)OC(=O)N1C(CCc2ccc(NS(=O)(=O)c3cccc4cnccc34)cc2)COC1(C)C. The van der Waals surface area contributed by atoms with E-state index in [1.54, 1.807) is 47.6 Å². The molecule has 1 fully saturated rings. The van der Waals surface area contributed by atoms with Gasteiger partial charge in [-0.25, -0.2) is 13.2 Å². The lowest BCUT2D eigenvalue weighted by Gasteiger charge is -2.35. The van der Waals surface area contributed by atoms with Gasteiger partial charge in [0.05, 0.1) is 17.5 Å². The average molecular weight is 512 g/mol. The molecule has 192 valence electrons. The number of pyridine rings is 1. The number of carbonyl (C=O) groups is 1. The summed E-state index contributed by atoms with van der Waals surface area (Å²) < 4.78 is 40.3. The first-order valence-corrected chi connectivity index (χ1v) is 13.4. The topological polar surface area (TPSA) is 97.8 Å². The Bertz CT molecular complexity index is 1340. The Hall–Kier alpha value is -3.17. The van der Waals surface area contributed by atoms with Gasteiger partial charge in [-0.3, -0.25) is 14.6 Å². The predicted octanol–water partition coefficient (Wildman–Crippen LogP) is 5.34. The van der Waals surface area contributed by atoms with Crippen LogP contribution >= 0.6 is 0 Å². The molecule has 2 aromatic carbocycles. The van der Waals surface area contributed by atoms with Gasteiger partial charge in [-0.05, 0) is 77.3 Å². The number of anilines is 1. The van der Waals surface area contributed by atoms with Crippen molar-refractivity contribution < 1.29 is 22.7 Å². The van der Waals surface area contributed by atoms with Crippen LogP contribution in [-0.4, -0.2) is 48.4 Å². The quantitative estimate of drug-likeness (QED) is 0.480. The molecule has 0 bridgehead atoms. The molecule has 4 rings (SSSR count). The van der Waals surface area contributed by atoms with Crippen molar-refractivity contribution in [3.63, 3.8) is 0 Å². The molecule has 36 heavy (non-hydrogen) atoms. The van der Waals surface area contributed by atoms with E-state index in [1.165, 1.54) is 0 Å². The first-order valence-electron chi connectivity index (χ1n) is 12.0. The molecule has 9 heteroatoms. The molecule has 1 N–H and O–H groups in total. The summed E-state index contributed by atoms with van der Waals surface area (Å²) in [5.41, 5.74) is 0.174. The number of benzene rings is 2. The zero-order valence-electron chi connectivity index (χ0n) is 21.3. The van der Waals surface area contributed by atoms with Gasteiger partial charge in [-0.15, -0.1) is 0 Å². The van der Waals surface area contributed by atoms with Crippen molar-refractivity contribution in [2.45, 2.75) is 69.7 Å². The van der Waals surface area contributed by atoms with E-state index in [4.69, 9.17) is 9.47 Å². The van der Waals surface area contributed by atoms with E-state index in [0.717, 1.165) is 10.9 Å². The van der Waals surface area contributed by atoms with E-state index in [9.17, 15) is 13.2 Å². The molecule has 1 saturated heterocycles. The maximum atomic E-state index is 13.1. The third kappa shape index (κ3) is 5.79. The average Bonchev–Trinajstić information content (AvgIpc) is 3.11. The van der Waals surface area contributed by atoms with Gasteiger partial charge < -0.3 is 9.47 Å². The summed E-state index contributed by atoms with van der Waals surface area (Å²) in [6.45, 7) is 9.70. The highest BCUT2D eigenvalue weighted by Crippen LogP contribution is 2.32. The van der Waals surface area contributed by atoms with Crippen LogP contribution in [0.15, 0.2) is 65.8 Å². The number of rotatable bonds is 6. The summed E-state index contributed by atoms with van der Waals surface area (Å²) in [7, 11) is -3.78. The highest BCUT2D eigenvalue weighted by Gasteiger charge is 2.45. The first-order chi connectivity index (χ1) is 16.9. The van der Waals surface area contributed by atoms with Crippen molar-refractivity contribution in [1.82, 2.24) is 9.88 Å². The molecule has 1 amide bonds. The molecule has 2 heterocycles. The number of fused-ring (bicyclic) bond motifs is 1. The molecule has 0 spiro atoms. The predicted molar refractivity (Wildman–Crippen MR) is 139 cm³/mol. The Balaban J connectivity index is 1.42. The van der Waals surface area contributed by atoms with E-state index in [2.05, 4.69) is 9.71 Å². The Morgan fingerprint density at radius 1 is 1.17 bits per heavy atom. The normalized spacial score (nSPS) is 17.8. The van der Waals surface area contributed by atoms with E-state index < -0.39 is 21.3 Å². The number of carbonyl (C=O) groups excluding carboxylic acids is 1. The Morgan fingerprint density at radius 3 is 2.58 bits per heavy atom. The monoisotopic (exact) mass is 511 g/mol. The lowest BCUT2D eigenvalue weighted by Crippen LogP contribution is -2.49. The summed E-state index contributed by atoms with van der Waals surface area (Å²) >= 11 is 0. The third-order valence-corrected chi connectivity index (χ3v) is 7.51. The second-order valence-electron chi connectivity index (χ2n) is 10.5. The Labute approximate surface area is 212 Å². The van der Waals surface area contributed by atoms with Crippen LogP contribution in [0.5, 0.6) is 0 Å². The molecule has 8 nitrogen and oxygen atoms in total. The fraction of sp³-hybridized carbons (Fsp3) is 0.407. The van der Waals surface area contributed by atoms with Gasteiger partial charge in [0.25, 0.3) is 10.0 Å².